The molecule has 0 N–H and O–H groups in total. The van der Waals surface area contributed by atoms with Crippen LogP contribution < -0.4 is 0 Å². The molecule has 0 unspecified atom stereocenters. The average Bonchev–Trinajstić information content (AvgIpc) is 1.75. The Morgan fingerprint density at radius 2 is 0.608 bits per heavy atom. The lowest BCUT2D eigenvalue weighted by Crippen LogP contribution is -1.92. The number of imidazole rings is 2. The molecule has 0 fully saturated rings. The molecule has 30 heteroatoms. The molecule has 15 heterocycles. The standard InChI is InChI=1S/C20H12ClFN2.C19H10ClFN4.2C19H11ClFN3.C18H11ClFN3.C18H10ClFN2S/c21-17-12-15(5-7-18(17)22)20-16(4-2-10-24-20)13-6-8-19-14(11-13)3-1-9-23-19;1-22-18-10-24-17-7-5-13(11-25(17)18)14-3-2-8-23-19(14)12-4-6-16(21)15(20)9-12;20-14-11-12(5-6-15(14)21)19-13(3-1-10-23-19)16-7-8-17-18(24-16)4-2-9-22-17;20-15-10-13(3-5-16(15)21)19-14(2-1-7-24-19)12-4-6-17-18(11-12)23-9-8-22-17;19-15-10-12(3-5-16(15)20)18-14(2-1-7-22-18)13-4-6-17-21-8-9-23(17)11-13;19-14-8-12(3-5-15(14)20)18-13(2-1-7-21-18)11-4-6-16-17(9-11)23-10-22-16/h1-12H;2-11H;2*1-11H;1-11H;1-10H. The molecule has 0 aliphatic heterocycles. The Hall–Kier alpha value is -16.7. The molecule has 17 nitrogen and oxygen atoms in total. The molecular weight excluding hydrogens is 1950 g/mol. The van der Waals surface area contributed by atoms with E-state index in [0.29, 0.717) is 22.9 Å². The van der Waals surface area contributed by atoms with Gasteiger partial charge in [0.1, 0.15) is 40.6 Å². The van der Waals surface area contributed by atoms with E-state index in [1.165, 1.54) is 42.6 Å². The van der Waals surface area contributed by atoms with Gasteiger partial charge < -0.3 is 9.25 Å². The summed E-state index contributed by atoms with van der Waals surface area (Å²) in [5.41, 5.74) is 28.8. The lowest BCUT2D eigenvalue weighted by molar-refractivity contribution is 0.628. The van der Waals surface area contributed by atoms with Gasteiger partial charge in [0.05, 0.1) is 126 Å². The number of nitrogens with zero attached hydrogens (tertiary/aromatic N) is 17. The van der Waals surface area contributed by atoms with Crippen molar-refractivity contribution in [2.45, 2.75) is 0 Å². The number of hydrogen-bond acceptors (Lipinski definition) is 15. The Bertz CT molecular complexity index is 8390. The highest BCUT2D eigenvalue weighted by atomic mass is 35.5. The molecule has 0 aliphatic rings. The van der Waals surface area contributed by atoms with Crippen molar-refractivity contribution in [2.75, 3.05) is 0 Å². The number of thiazole rings is 1. The van der Waals surface area contributed by atoms with Crippen molar-refractivity contribution < 1.29 is 26.3 Å². The molecule has 0 bridgehead atoms. The zero-order valence-electron chi connectivity index (χ0n) is 74.1. The third kappa shape index (κ3) is 21.5. The van der Waals surface area contributed by atoms with Crippen LogP contribution in [0.1, 0.15) is 0 Å². The van der Waals surface area contributed by atoms with Crippen molar-refractivity contribution in [1.82, 2.24) is 78.6 Å². The van der Waals surface area contributed by atoms with Gasteiger partial charge in [-0.05, 0) is 253 Å². The third-order valence-corrected chi connectivity index (χ3v) is 25.2. The van der Waals surface area contributed by atoms with E-state index < -0.39 is 34.9 Å². The van der Waals surface area contributed by atoms with Crippen LogP contribution in [0.2, 0.25) is 30.1 Å². The maximum absolute atomic E-state index is 13.5. The fraction of sp³-hybridized carbons (Fsp3) is 0. The molecule has 0 amide bonds. The molecule has 143 heavy (non-hydrogen) atoms. The predicted octanol–water partition coefficient (Wildman–Crippen LogP) is 32.1. The fourth-order valence-corrected chi connectivity index (χ4v) is 17.6. The number of halogens is 12. The predicted molar refractivity (Wildman–Crippen MR) is 559 cm³/mol. The SMILES string of the molecule is Fc1ccc(-c2ncccc2-c2ccc3ncccc3c2)cc1Cl.Fc1ccc(-c2ncccc2-c2ccc3ncccc3n2)cc1Cl.Fc1ccc(-c2ncccc2-c2ccc3nccn3c2)cc1Cl.Fc1ccc(-c2ncccc2-c2ccc3nccnc3c2)cc1Cl.Fc1ccc(-c2ncccc2-c2ccc3ncsc3c2)cc1Cl.[C-]#[N+]c1cnc2ccc(-c3cccnc3-c3ccc(F)c(Cl)c3)cn12. The van der Waals surface area contributed by atoms with Gasteiger partial charge in [0.25, 0.3) is 5.82 Å². The molecule has 15 aromatic heterocycles. The van der Waals surface area contributed by atoms with Crippen LogP contribution in [0.25, 0.3) is 194 Å². The minimum Gasteiger partial charge on any atom is -0.362 e. The molecule has 24 rings (SSSR count). The van der Waals surface area contributed by atoms with Gasteiger partial charge in [0.15, 0.2) is 0 Å². The summed E-state index contributed by atoms with van der Waals surface area (Å²) in [4.78, 5) is 64.9. The van der Waals surface area contributed by atoms with E-state index in [9.17, 15) is 26.3 Å². The third-order valence-electron chi connectivity index (χ3n) is 22.7. The van der Waals surface area contributed by atoms with E-state index in [2.05, 4.69) is 86.8 Å². The first-order valence-corrected chi connectivity index (χ1v) is 46.8. The number of fused-ring (bicyclic) bond motifs is 6. The maximum atomic E-state index is 13.5. The molecule has 0 aliphatic carbocycles. The summed E-state index contributed by atoms with van der Waals surface area (Å²) < 4.78 is 85.4. The molecule has 0 spiro atoms. The summed E-state index contributed by atoms with van der Waals surface area (Å²) in [6.45, 7) is 7.24. The molecule has 692 valence electrons. The summed E-state index contributed by atoms with van der Waals surface area (Å²) in [5, 5.41) is 1.53. The topological polar surface area (TPSA) is 194 Å². The van der Waals surface area contributed by atoms with Gasteiger partial charge in [-0.2, -0.15) is 0 Å². The molecule has 0 saturated heterocycles. The van der Waals surface area contributed by atoms with Crippen LogP contribution in [-0.4, -0.2) is 78.6 Å². The smallest absolute Gasteiger partial charge is 0.254 e. The van der Waals surface area contributed by atoms with E-state index in [1.807, 2.05) is 204 Å². The van der Waals surface area contributed by atoms with Gasteiger partial charge in [-0.25, -0.2) is 50.7 Å². The highest BCUT2D eigenvalue weighted by Gasteiger charge is 2.21. The Morgan fingerprint density at radius 1 is 0.259 bits per heavy atom. The average molecular weight is 2020 g/mol. The first-order valence-electron chi connectivity index (χ1n) is 43.6. The van der Waals surface area contributed by atoms with Crippen LogP contribution in [0.5, 0.6) is 0 Å². The fourth-order valence-electron chi connectivity index (χ4n) is 15.8. The van der Waals surface area contributed by atoms with Gasteiger partial charge in [0, 0.05) is 170 Å². The number of aromatic nitrogens is 16. The second-order valence-electron chi connectivity index (χ2n) is 31.6. The van der Waals surface area contributed by atoms with Gasteiger partial charge in [0.2, 0.25) is 5.65 Å². The zero-order valence-corrected chi connectivity index (χ0v) is 79.4. The molecule has 0 atom stereocenters. The summed E-state index contributed by atoms with van der Waals surface area (Å²) in [5.74, 6) is -2.23. The van der Waals surface area contributed by atoms with Crippen LogP contribution in [0.15, 0.2) is 396 Å². The minimum atomic E-state index is -0.468. The molecular formula is C113H65Cl6F6N17S. The number of benzene rings is 9. The number of pyridine rings is 11. The Balaban J connectivity index is 0.000000109. The van der Waals surface area contributed by atoms with E-state index in [-0.39, 0.29) is 30.1 Å². The van der Waals surface area contributed by atoms with E-state index in [0.717, 1.165) is 172 Å². The minimum absolute atomic E-state index is 0.0504. The van der Waals surface area contributed by atoms with Crippen molar-refractivity contribution in [2.24, 2.45) is 0 Å². The molecule has 24 aromatic rings. The van der Waals surface area contributed by atoms with Crippen LogP contribution in [-0.2, 0) is 0 Å². The van der Waals surface area contributed by atoms with Crippen molar-refractivity contribution in [3.05, 3.63) is 472 Å². The first-order chi connectivity index (χ1) is 69.8. The van der Waals surface area contributed by atoms with Crippen LogP contribution in [0, 0.1) is 41.5 Å². The molecule has 0 radical (unpaired) electrons. The van der Waals surface area contributed by atoms with Gasteiger partial charge >= 0.3 is 0 Å². The Labute approximate surface area is 846 Å². The molecule has 0 saturated carbocycles. The highest BCUT2D eigenvalue weighted by Crippen LogP contribution is 2.42. The lowest BCUT2D eigenvalue weighted by Gasteiger charge is -2.10. The summed E-state index contributed by atoms with van der Waals surface area (Å²) in [6.07, 6.45) is 26.1. The second kappa shape index (κ2) is 43.3. The first kappa shape index (κ1) is 95.2. The van der Waals surface area contributed by atoms with Gasteiger partial charge in [-0.15, -0.1) is 11.3 Å². The summed E-state index contributed by atoms with van der Waals surface area (Å²) in [6, 6.07) is 88.0. The normalized spacial score (nSPS) is 10.9. The van der Waals surface area contributed by atoms with Crippen molar-refractivity contribution in [1.29, 1.82) is 0 Å². The number of rotatable bonds is 12. The zero-order chi connectivity index (χ0) is 98.6. The lowest BCUT2D eigenvalue weighted by atomic mass is 9.98. The van der Waals surface area contributed by atoms with Crippen LogP contribution in [0.3, 0.4) is 0 Å². The quantitative estimate of drug-likeness (QED) is 0.0828. The second-order valence-corrected chi connectivity index (χ2v) is 34.9. The number of hydrogen-bond donors (Lipinski definition) is 0. The van der Waals surface area contributed by atoms with Crippen molar-refractivity contribution >= 4 is 141 Å². The van der Waals surface area contributed by atoms with E-state index in [1.54, 1.807) is 157 Å². The molecule has 9 aromatic carbocycles. The monoisotopic (exact) mass is 2020 g/mol. The summed E-state index contributed by atoms with van der Waals surface area (Å²) >= 11 is 37.1. The van der Waals surface area contributed by atoms with Gasteiger partial charge in [-0.1, -0.05) is 131 Å². The Morgan fingerprint density at radius 3 is 1.08 bits per heavy atom. The van der Waals surface area contributed by atoms with E-state index in [4.69, 9.17) is 76.2 Å². The van der Waals surface area contributed by atoms with Crippen LogP contribution in [0.4, 0.5) is 32.2 Å². The maximum Gasteiger partial charge on any atom is 0.254 e. The highest BCUT2D eigenvalue weighted by molar-refractivity contribution is 7.16. The summed E-state index contributed by atoms with van der Waals surface area (Å²) in [7, 11) is 0. The van der Waals surface area contributed by atoms with Crippen molar-refractivity contribution in [3.63, 3.8) is 0 Å². The Kier molecular flexibility index (Phi) is 28.9. The van der Waals surface area contributed by atoms with Crippen LogP contribution >= 0.6 is 80.9 Å². The van der Waals surface area contributed by atoms with E-state index >= 15 is 0 Å². The van der Waals surface area contributed by atoms with Crippen molar-refractivity contribution in [3.8, 4) is 134 Å². The van der Waals surface area contributed by atoms with Gasteiger partial charge in [-0.3, -0.25) is 49.8 Å². The largest absolute Gasteiger partial charge is 0.362 e.